The van der Waals surface area contributed by atoms with E-state index < -0.39 is 24.0 Å². The van der Waals surface area contributed by atoms with Crippen molar-refractivity contribution in [2.45, 2.75) is 39.3 Å². The zero-order chi connectivity index (χ0) is 15.2. The summed E-state index contributed by atoms with van der Waals surface area (Å²) in [5.41, 5.74) is 0. The fraction of sp³-hybridized carbons (Fsp3) is 0.583. The number of carboxylic acid groups (broad SMARTS) is 1. The average molecular weight is 335 g/mol. The Morgan fingerprint density at radius 3 is 2.11 bits per heavy atom. The molecular formula is C12H19BrN2O4. The van der Waals surface area contributed by atoms with Crippen molar-refractivity contribution in [2.75, 3.05) is 0 Å². The Hall–Kier alpha value is -1.37. The van der Waals surface area contributed by atoms with Gasteiger partial charge in [-0.3, -0.25) is 9.59 Å². The van der Waals surface area contributed by atoms with Crippen LogP contribution >= 0.6 is 15.9 Å². The molecule has 0 aliphatic rings. The van der Waals surface area contributed by atoms with Crippen LogP contribution in [0.15, 0.2) is 11.1 Å². The predicted octanol–water partition coefficient (Wildman–Crippen LogP) is 1.02. The van der Waals surface area contributed by atoms with Crippen molar-refractivity contribution in [3.8, 4) is 0 Å². The molecule has 0 heterocycles. The smallest absolute Gasteiger partial charge is 0.326 e. The van der Waals surface area contributed by atoms with E-state index in [1.807, 2.05) is 0 Å². The molecule has 0 aliphatic carbocycles. The lowest BCUT2D eigenvalue weighted by molar-refractivity contribution is -0.142. The molecule has 0 unspecified atom stereocenters. The van der Waals surface area contributed by atoms with Gasteiger partial charge in [-0.05, 0) is 10.4 Å². The number of carboxylic acids is 1. The molecule has 2 atom stereocenters. The molecule has 0 rings (SSSR count). The largest absolute Gasteiger partial charge is 0.480 e. The second-order valence-electron chi connectivity index (χ2n) is 4.54. The molecule has 0 radical (unpaired) electrons. The third kappa shape index (κ3) is 6.95. The Balaban J connectivity index is 4.80. The molecule has 3 N–H and O–H groups in total. The van der Waals surface area contributed by atoms with Crippen molar-refractivity contribution in [1.82, 2.24) is 10.6 Å². The maximum absolute atomic E-state index is 12.0. The maximum Gasteiger partial charge on any atom is 0.326 e. The quantitative estimate of drug-likeness (QED) is 0.647. The van der Waals surface area contributed by atoms with E-state index in [2.05, 4.69) is 33.1 Å². The maximum atomic E-state index is 12.0. The van der Waals surface area contributed by atoms with Gasteiger partial charge in [0.05, 0.1) is 0 Å². The number of carbonyl (C=O) groups excluding carboxylic acids is 2. The predicted molar refractivity (Wildman–Crippen MR) is 74.7 cm³/mol. The van der Waals surface area contributed by atoms with Crippen molar-refractivity contribution < 1.29 is 19.5 Å². The summed E-state index contributed by atoms with van der Waals surface area (Å²) < 4.78 is 0.473. The third-order valence-electron chi connectivity index (χ3n) is 2.35. The van der Waals surface area contributed by atoms with Crippen molar-refractivity contribution in [2.24, 2.45) is 5.92 Å². The molecule has 0 saturated heterocycles. The summed E-state index contributed by atoms with van der Waals surface area (Å²) in [5, 5.41) is 13.9. The van der Waals surface area contributed by atoms with Gasteiger partial charge in [-0.25, -0.2) is 4.79 Å². The average Bonchev–Trinajstić information content (AvgIpc) is 2.23. The first-order valence-electron chi connectivity index (χ1n) is 5.78. The van der Waals surface area contributed by atoms with E-state index in [-0.39, 0.29) is 18.2 Å². The van der Waals surface area contributed by atoms with E-state index in [4.69, 9.17) is 5.11 Å². The second kappa shape index (κ2) is 7.93. The molecule has 19 heavy (non-hydrogen) atoms. The molecule has 0 aromatic rings. The summed E-state index contributed by atoms with van der Waals surface area (Å²) >= 11 is 3.06. The highest BCUT2D eigenvalue weighted by Crippen LogP contribution is 2.11. The van der Waals surface area contributed by atoms with Crippen molar-refractivity contribution >= 4 is 33.7 Å². The fourth-order valence-corrected chi connectivity index (χ4v) is 1.76. The first-order chi connectivity index (χ1) is 8.65. The molecule has 0 aromatic carbocycles. The summed E-state index contributed by atoms with van der Waals surface area (Å²) in [7, 11) is 0. The molecular weight excluding hydrogens is 316 g/mol. The summed E-state index contributed by atoms with van der Waals surface area (Å²) in [6.07, 6.45) is 0.0754. The van der Waals surface area contributed by atoms with Crippen molar-refractivity contribution in [3.05, 3.63) is 11.1 Å². The van der Waals surface area contributed by atoms with Crippen LogP contribution in [0.2, 0.25) is 0 Å². The number of aliphatic carboxylic acids is 1. The van der Waals surface area contributed by atoms with Crippen LogP contribution in [-0.2, 0) is 14.4 Å². The Bertz CT molecular complexity index is 382. The second-order valence-corrected chi connectivity index (χ2v) is 5.66. The Kier molecular flexibility index (Phi) is 7.36. The summed E-state index contributed by atoms with van der Waals surface area (Å²) in [6, 6.07) is -1.84. The Morgan fingerprint density at radius 1 is 1.26 bits per heavy atom. The first kappa shape index (κ1) is 17.6. The van der Waals surface area contributed by atoms with Gasteiger partial charge in [0.1, 0.15) is 12.1 Å². The van der Waals surface area contributed by atoms with Crippen LogP contribution < -0.4 is 10.6 Å². The number of nitrogens with one attached hydrogen (secondary N) is 2. The molecule has 0 spiro atoms. The molecule has 7 heteroatoms. The van der Waals surface area contributed by atoms with E-state index in [9.17, 15) is 14.4 Å². The first-order valence-corrected chi connectivity index (χ1v) is 6.58. The van der Waals surface area contributed by atoms with Crippen LogP contribution in [0.5, 0.6) is 0 Å². The van der Waals surface area contributed by atoms with Gasteiger partial charge in [0.25, 0.3) is 0 Å². The van der Waals surface area contributed by atoms with E-state index in [0.29, 0.717) is 4.48 Å². The topological polar surface area (TPSA) is 95.5 Å². The molecule has 0 saturated carbocycles. The number of carbonyl (C=O) groups is 3. The normalized spacial score (nSPS) is 13.5. The van der Waals surface area contributed by atoms with E-state index in [1.54, 1.807) is 13.8 Å². The fourth-order valence-electron chi connectivity index (χ4n) is 1.44. The van der Waals surface area contributed by atoms with E-state index in [1.165, 1.54) is 6.92 Å². The Morgan fingerprint density at radius 2 is 1.79 bits per heavy atom. The molecule has 2 amide bonds. The van der Waals surface area contributed by atoms with Crippen LogP contribution in [-0.4, -0.2) is 35.0 Å². The number of halogens is 1. The molecule has 0 bridgehead atoms. The minimum Gasteiger partial charge on any atom is -0.480 e. The van der Waals surface area contributed by atoms with Crippen LogP contribution in [0, 0.1) is 5.92 Å². The third-order valence-corrected chi connectivity index (χ3v) is 2.67. The molecule has 108 valence electrons. The molecule has 0 fully saturated rings. The minimum absolute atomic E-state index is 0.0754. The lowest BCUT2D eigenvalue weighted by atomic mass is 10.0. The van der Waals surface area contributed by atoms with Gasteiger partial charge in [-0.1, -0.05) is 36.4 Å². The summed E-state index contributed by atoms with van der Waals surface area (Å²) in [6.45, 7) is 8.38. The molecule has 6 nitrogen and oxygen atoms in total. The zero-order valence-corrected chi connectivity index (χ0v) is 12.8. The minimum atomic E-state index is -1.15. The highest BCUT2D eigenvalue weighted by atomic mass is 79.9. The Labute approximate surface area is 120 Å². The highest BCUT2D eigenvalue weighted by molar-refractivity contribution is 9.11. The number of hydrogen-bond acceptors (Lipinski definition) is 3. The lowest BCUT2D eigenvalue weighted by Crippen LogP contribution is -2.53. The number of amides is 2. The van der Waals surface area contributed by atoms with Gasteiger partial charge in [0.2, 0.25) is 11.8 Å². The van der Waals surface area contributed by atoms with Crippen LogP contribution in [0.25, 0.3) is 0 Å². The van der Waals surface area contributed by atoms with Crippen LogP contribution in [0.1, 0.15) is 27.2 Å². The highest BCUT2D eigenvalue weighted by Gasteiger charge is 2.27. The lowest BCUT2D eigenvalue weighted by Gasteiger charge is -2.23. The van der Waals surface area contributed by atoms with Crippen LogP contribution in [0.4, 0.5) is 0 Å². The van der Waals surface area contributed by atoms with E-state index in [0.717, 1.165) is 0 Å². The van der Waals surface area contributed by atoms with Crippen LogP contribution in [0.3, 0.4) is 0 Å². The standard InChI is InChI=1S/C12H19BrN2O4/c1-6(2)10(14-8(4)16)11(17)15-9(12(18)19)5-7(3)13/h6,9-10H,3,5H2,1-2,4H3,(H,14,16)(H,15,17)(H,18,19)/t9-,10+/m0/s1. The van der Waals surface area contributed by atoms with Crippen molar-refractivity contribution in [3.63, 3.8) is 0 Å². The van der Waals surface area contributed by atoms with E-state index >= 15 is 0 Å². The molecule has 0 aromatic heterocycles. The number of rotatable bonds is 7. The van der Waals surface area contributed by atoms with Crippen molar-refractivity contribution in [1.29, 1.82) is 0 Å². The van der Waals surface area contributed by atoms with Gasteiger partial charge >= 0.3 is 5.97 Å². The van der Waals surface area contributed by atoms with Gasteiger partial charge in [-0.15, -0.1) is 0 Å². The SMILES string of the molecule is C=C(Br)C[C@H](NC(=O)[C@H](NC(C)=O)C(C)C)C(=O)O. The summed E-state index contributed by atoms with van der Waals surface area (Å²) in [5.74, 6) is -2.17. The number of hydrogen-bond donors (Lipinski definition) is 3. The van der Waals surface area contributed by atoms with Gasteiger partial charge < -0.3 is 15.7 Å². The summed E-state index contributed by atoms with van der Waals surface area (Å²) in [4.78, 5) is 34.0. The monoisotopic (exact) mass is 334 g/mol. The zero-order valence-electron chi connectivity index (χ0n) is 11.2. The molecule has 0 aliphatic heterocycles. The van der Waals surface area contributed by atoms with Gasteiger partial charge in [-0.2, -0.15) is 0 Å². The van der Waals surface area contributed by atoms with Gasteiger partial charge in [0.15, 0.2) is 0 Å². The van der Waals surface area contributed by atoms with Gasteiger partial charge in [0, 0.05) is 13.3 Å².